The molecule has 2 aromatic carbocycles. The summed E-state index contributed by atoms with van der Waals surface area (Å²) < 4.78 is 4.90. The monoisotopic (exact) mass is 314 g/mol. The molecule has 120 valence electrons. The number of ether oxygens (including phenoxy) is 1. The molecule has 6 heteroatoms. The lowest BCUT2D eigenvalue weighted by Gasteiger charge is -2.08. The van der Waals surface area contributed by atoms with Crippen LogP contribution in [0.3, 0.4) is 0 Å². The number of nitrogens with one attached hydrogen (secondary N) is 2. The summed E-state index contributed by atoms with van der Waals surface area (Å²) in [6, 6.07) is 12.7. The highest BCUT2D eigenvalue weighted by Gasteiger charge is 2.06. The van der Waals surface area contributed by atoms with Crippen LogP contribution in [0.2, 0.25) is 0 Å². The Hall–Kier alpha value is -3.02. The molecule has 3 N–H and O–H groups in total. The zero-order valence-corrected chi connectivity index (χ0v) is 12.7. The van der Waals surface area contributed by atoms with E-state index in [-0.39, 0.29) is 17.7 Å². The number of phenols is 1. The van der Waals surface area contributed by atoms with Gasteiger partial charge in [0.05, 0.1) is 12.2 Å². The van der Waals surface area contributed by atoms with E-state index in [1.54, 1.807) is 43.3 Å². The van der Waals surface area contributed by atoms with Gasteiger partial charge in [0, 0.05) is 18.3 Å². The maximum atomic E-state index is 11.8. The highest BCUT2D eigenvalue weighted by Crippen LogP contribution is 2.15. The van der Waals surface area contributed by atoms with Crippen molar-refractivity contribution in [1.29, 1.82) is 0 Å². The van der Waals surface area contributed by atoms with Gasteiger partial charge >= 0.3 is 12.0 Å². The minimum absolute atomic E-state index is 0.0809. The molecule has 0 heterocycles. The number of esters is 1. The Kier molecular flexibility index (Phi) is 5.57. The van der Waals surface area contributed by atoms with Gasteiger partial charge in [0.1, 0.15) is 5.75 Å². The lowest BCUT2D eigenvalue weighted by atomic mass is 10.1. The smallest absolute Gasteiger partial charge is 0.338 e. The van der Waals surface area contributed by atoms with E-state index in [0.29, 0.717) is 24.4 Å². The summed E-state index contributed by atoms with van der Waals surface area (Å²) in [4.78, 5) is 23.3. The molecule has 0 aliphatic heterocycles. The van der Waals surface area contributed by atoms with Crippen LogP contribution in [0.4, 0.5) is 10.5 Å². The molecule has 2 aromatic rings. The highest BCUT2D eigenvalue weighted by molar-refractivity contribution is 5.90. The molecule has 0 aliphatic rings. The molecule has 0 unspecified atom stereocenters. The maximum absolute atomic E-state index is 11.8. The molecule has 0 atom stereocenters. The Morgan fingerprint density at radius 2 is 1.87 bits per heavy atom. The average Bonchev–Trinajstić information content (AvgIpc) is 2.54. The van der Waals surface area contributed by atoms with E-state index in [9.17, 15) is 14.7 Å². The predicted octanol–water partition coefficient (Wildman–Crippen LogP) is 2.89. The van der Waals surface area contributed by atoms with Gasteiger partial charge in [-0.15, -0.1) is 0 Å². The average molecular weight is 314 g/mol. The van der Waals surface area contributed by atoms with Gasteiger partial charge in [-0.1, -0.05) is 18.2 Å². The maximum Gasteiger partial charge on any atom is 0.338 e. The fraction of sp³-hybridized carbons (Fsp3) is 0.176. The van der Waals surface area contributed by atoms with Gasteiger partial charge in [-0.3, -0.25) is 0 Å². The van der Waals surface area contributed by atoms with Crippen molar-refractivity contribution in [2.45, 2.75) is 13.5 Å². The van der Waals surface area contributed by atoms with E-state index in [1.165, 1.54) is 12.1 Å². The number of carbonyl (C=O) groups is 2. The van der Waals surface area contributed by atoms with Crippen LogP contribution in [0, 0.1) is 0 Å². The summed E-state index contributed by atoms with van der Waals surface area (Å²) in [6.07, 6.45) is 0. The third-order valence-electron chi connectivity index (χ3n) is 3.02. The standard InChI is InChI=1S/C17H18N2O4/c1-2-23-16(21)13-8-6-12(7-9-13)11-18-17(22)19-14-4-3-5-15(20)10-14/h3-10,20H,2,11H2,1H3,(H2,18,19,22). The molecule has 0 aliphatic carbocycles. The minimum atomic E-state index is -0.384. The van der Waals surface area contributed by atoms with Gasteiger partial charge in [0.25, 0.3) is 0 Å². The van der Waals surface area contributed by atoms with Crippen LogP contribution in [-0.4, -0.2) is 23.7 Å². The lowest BCUT2D eigenvalue weighted by molar-refractivity contribution is 0.0526. The first-order chi connectivity index (χ1) is 11.1. The fourth-order valence-electron chi connectivity index (χ4n) is 1.91. The van der Waals surface area contributed by atoms with E-state index < -0.39 is 0 Å². The summed E-state index contributed by atoms with van der Waals surface area (Å²) in [5, 5.41) is 14.6. The number of phenolic OH excluding ortho intramolecular Hbond substituents is 1. The molecular weight excluding hydrogens is 296 g/mol. The van der Waals surface area contributed by atoms with E-state index in [2.05, 4.69) is 10.6 Å². The largest absolute Gasteiger partial charge is 0.508 e. The van der Waals surface area contributed by atoms with E-state index in [1.807, 2.05) is 0 Å². The van der Waals surface area contributed by atoms with Crippen molar-refractivity contribution in [3.05, 3.63) is 59.7 Å². The highest BCUT2D eigenvalue weighted by atomic mass is 16.5. The molecular formula is C17H18N2O4. The quantitative estimate of drug-likeness (QED) is 0.741. The molecule has 0 aromatic heterocycles. The summed E-state index contributed by atoms with van der Waals surface area (Å²) in [5.41, 5.74) is 1.82. The summed E-state index contributed by atoms with van der Waals surface area (Å²) in [6.45, 7) is 2.40. The van der Waals surface area contributed by atoms with Gasteiger partial charge < -0.3 is 20.5 Å². The third kappa shape index (κ3) is 5.03. The first kappa shape index (κ1) is 16.4. The number of rotatable bonds is 5. The Labute approximate surface area is 134 Å². The summed E-state index contributed by atoms with van der Waals surface area (Å²) >= 11 is 0. The van der Waals surface area contributed by atoms with Gasteiger partial charge in [-0.05, 0) is 36.8 Å². The first-order valence-electron chi connectivity index (χ1n) is 7.18. The second kappa shape index (κ2) is 7.84. The van der Waals surface area contributed by atoms with Crippen molar-refractivity contribution in [3.63, 3.8) is 0 Å². The molecule has 0 bridgehead atoms. The second-order valence-corrected chi connectivity index (χ2v) is 4.78. The van der Waals surface area contributed by atoms with Crippen LogP contribution < -0.4 is 10.6 Å². The van der Waals surface area contributed by atoms with Crippen molar-refractivity contribution < 1.29 is 19.4 Å². The van der Waals surface area contributed by atoms with Crippen LogP contribution in [0.15, 0.2) is 48.5 Å². The summed E-state index contributed by atoms with van der Waals surface area (Å²) in [5.74, 6) is -0.286. The number of carbonyl (C=O) groups excluding carboxylic acids is 2. The summed E-state index contributed by atoms with van der Waals surface area (Å²) in [7, 11) is 0. The fourth-order valence-corrected chi connectivity index (χ4v) is 1.91. The minimum Gasteiger partial charge on any atom is -0.508 e. The lowest BCUT2D eigenvalue weighted by Crippen LogP contribution is -2.28. The molecule has 0 radical (unpaired) electrons. The normalized spacial score (nSPS) is 9.96. The zero-order chi connectivity index (χ0) is 16.7. The van der Waals surface area contributed by atoms with Crippen LogP contribution in [0.1, 0.15) is 22.8 Å². The molecule has 23 heavy (non-hydrogen) atoms. The van der Waals surface area contributed by atoms with Crippen LogP contribution in [0.5, 0.6) is 5.75 Å². The topological polar surface area (TPSA) is 87.7 Å². The Bertz CT molecular complexity index is 683. The molecule has 0 spiro atoms. The van der Waals surface area contributed by atoms with Crippen molar-refractivity contribution >= 4 is 17.7 Å². The van der Waals surface area contributed by atoms with Gasteiger partial charge in [-0.25, -0.2) is 9.59 Å². The Morgan fingerprint density at radius 1 is 1.13 bits per heavy atom. The number of urea groups is 1. The second-order valence-electron chi connectivity index (χ2n) is 4.78. The number of hydrogen-bond donors (Lipinski definition) is 3. The molecule has 6 nitrogen and oxygen atoms in total. The van der Waals surface area contributed by atoms with Crippen molar-refractivity contribution in [3.8, 4) is 5.75 Å². The molecule has 0 saturated carbocycles. The third-order valence-corrected chi connectivity index (χ3v) is 3.02. The molecule has 2 amide bonds. The number of amides is 2. The van der Waals surface area contributed by atoms with Gasteiger partial charge in [0.2, 0.25) is 0 Å². The Morgan fingerprint density at radius 3 is 2.52 bits per heavy atom. The number of anilines is 1. The van der Waals surface area contributed by atoms with Crippen molar-refractivity contribution in [2.24, 2.45) is 0 Å². The number of benzene rings is 2. The SMILES string of the molecule is CCOC(=O)c1ccc(CNC(=O)Nc2cccc(O)c2)cc1. The zero-order valence-electron chi connectivity index (χ0n) is 12.7. The molecule has 2 rings (SSSR count). The van der Waals surface area contributed by atoms with Crippen LogP contribution >= 0.6 is 0 Å². The van der Waals surface area contributed by atoms with Crippen LogP contribution in [-0.2, 0) is 11.3 Å². The van der Waals surface area contributed by atoms with Gasteiger partial charge in [0.15, 0.2) is 0 Å². The molecule has 0 fully saturated rings. The van der Waals surface area contributed by atoms with E-state index in [4.69, 9.17) is 4.74 Å². The van der Waals surface area contributed by atoms with Crippen LogP contribution in [0.25, 0.3) is 0 Å². The Balaban J connectivity index is 1.85. The van der Waals surface area contributed by atoms with E-state index >= 15 is 0 Å². The number of aromatic hydroxyl groups is 1. The molecule has 0 saturated heterocycles. The van der Waals surface area contributed by atoms with E-state index in [0.717, 1.165) is 5.56 Å². The number of hydrogen-bond acceptors (Lipinski definition) is 4. The first-order valence-corrected chi connectivity index (χ1v) is 7.18. The predicted molar refractivity (Wildman–Crippen MR) is 86.4 cm³/mol. The van der Waals surface area contributed by atoms with Gasteiger partial charge in [-0.2, -0.15) is 0 Å². The van der Waals surface area contributed by atoms with Crippen molar-refractivity contribution in [2.75, 3.05) is 11.9 Å². The van der Waals surface area contributed by atoms with Crippen molar-refractivity contribution in [1.82, 2.24) is 5.32 Å².